The molecule has 0 fully saturated rings. The number of aromatic hydroxyl groups is 3. The number of nitrogens with one attached hydrogen (secondary N) is 2. The molecule has 9 unspecified atom stereocenters. The monoisotopic (exact) mass is 893 g/mol. The summed E-state index contributed by atoms with van der Waals surface area (Å²) in [4.78, 5) is 53.3. The van der Waals surface area contributed by atoms with Crippen LogP contribution in [-0.2, 0) is 28.6 Å². The summed E-state index contributed by atoms with van der Waals surface area (Å²) in [6.45, 7) is 14.5. The number of Topliss-reactive ketones (excluding diaryl/α,β-unsaturated/α-hetero) is 1. The van der Waals surface area contributed by atoms with Crippen molar-refractivity contribution in [3.05, 3.63) is 52.8 Å². The lowest BCUT2D eigenvalue weighted by Crippen LogP contribution is -2.46. The van der Waals surface area contributed by atoms with Crippen LogP contribution in [0.5, 0.6) is 23.0 Å². The first-order valence-electron chi connectivity index (χ1n) is 22.1. The van der Waals surface area contributed by atoms with Gasteiger partial charge in [-0.2, -0.15) is 5.10 Å². The average molecular weight is 894 g/mol. The second kappa shape index (κ2) is 22.4. The summed E-state index contributed by atoms with van der Waals surface area (Å²) in [7, 11) is 1.42. The van der Waals surface area contributed by atoms with Crippen molar-refractivity contribution in [2.75, 3.05) is 12.4 Å². The van der Waals surface area contributed by atoms with Crippen LogP contribution in [0.25, 0.3) is 10.8 Å². The lowest BCUT2D eigenvalue weighted by atomic mass is 9.78. The maximum absolute atomic E-state index is 14.4. The van der Waals surface area contributed by atoms with Gasteiger partial charge >= 0.3 is 11.8 Å². The molecule has 0 aliphatic carbocycles. The molecule has 9 atom stereocenters. The van der Waals surface area contributed by atoms with Crippen molar-refractivity contribution in [1.82, 2.24) is 5.43 Å². The number of methoxy groups -OCH3 is 1. The van der Waals surface area contributed by atoms with E-state index in [9.17, 15) is 44.7 Å². The van der Waals surface area contributed by atoms with Crippen molar-refractivity contribution in [2.45, 2.75) is 144 Å². The number of carbonyl (C=O) groups excluding carboxylic acids is 4. The minimum atomic E-state index is -2.09. The molecular weight excluding hydrogens is 827 g/mol. The molecule has 0 saturated carbocycles. The molecule has 2 aromatic carbocycles. The third-order valence-corrected chi connectivity index (χ3v) is 12.4. The predicted molar refractivity (Wildman–Crippen MR) is 242 cm³/mol. The maximum atomic E-state index is 14.4. The zero-order valence-corrected chi connectivity index (χ0v) is 38.7. The van der Waals surface area contributed by atoms with Gasteiger partial charge in [-0.3, -0.25) is 19.2 Å². The maximum Gasteiger partial charge on any atom is 0.312 e. The Labute approximate surface area is 375 Å². The normalized spacial score (nSPS) is 28.6. The van der Waals surface area contributed by atoms with Crippen molar-refractivity contribution in [1.29, 1.82) is 0 Å². The van der Waals surface area contributed by atoms with E-state index in [2.05, 4.69) is 22.8 Å². The Hall–Kier alpha value is -5.45. The summed E-state index contributed by atoms with van der Waals surface area (Å²) in [6.07, 6.45) is 11.6. The highest BCUT2D eigenvalue weighted by Crippen LogP contribution is 2.55. The molecule has 0 radical (unpaired) electrons. The Morgan fingerprint density at radius 3 is 2.20 bits per heavy atom. The number of anilines is 1. The summed E-state index contributed by atoms with van der Waals surface area (Å²) in [5.74, 6) is -9.36. The highest BCUT2D eigenvalue weighted by molar-refractivity contribution is 6.24. The summed E-state index contributed by atoms with van der Waals surface area (Å²) in [5.41, 5.74) is 1.61. The number of rotatable bonds is 12. The number of phenols is 3. The van der Waals surface area contributed by atoms with E-state index in [0.29, 0.717) is 6.42 Å². The Morgan fingerprint density at radius 2 is 1.56 bits per heavy atom. The number of ether oxygens (including phenoxy) is 4. The lowest BCUT2D eigenvalue weighted by Gasteiger charge is -2.38. The van der Waals surface area contributed by atoms with Gasteiger partial charge < -0.3 is 49.8 Å². The van der Waals surface area contributed by atoms with Crippen LogP contribution in [0.2, 0.25) is 0 Å². The topological polar surface area (TPSA) is 243 Å². The average Bonchev–Trinajstić information content (AvgIpc) is 3.52. The van der Waals surface area contributed by atoms with E-state index in [1.807, 2.05) is 0 Å². The second-order valence-electron chi connectivity index (χ2n) is 17.3. The fourth-order valence-corrected chi connectivity index (χ4v) is 8.34. The number of hydrogen-bond acceptors (Lipinski definition) is 14. The first-order valence-corrected chi connectivity index (χ1v) is 22.1. The first-order chi connectivity index (χ1) is 30.2. The number of amides is 2. The number of carbonyl (C=O) groups is 4. The van der Waals surface area contributed by atoms with Crippen LogP contribution in [0.4, 0.5) is 5.69 Å². The van der Waals surface area contributed by atoms with Crippen molar-refractivity contribution >= 4 is 46.2 Å². The van der Waals surface area contributed by atoms with Crippen LogP contribution < -0.4 is 15.5 Å². The van der Waals surface area contributed by atoms with Crippen LogP contribution in [0.1, 0.15) is 128 Å². The van der Waals surface area contributed by atoms with E-state index in [4.69, 9.17) is 18.9 Å². The van der Waals surface area contributed by atoms with Gasteiger partial charge in [0.05, 0.1) is 53.0 Å². The number of phenolic OH excluding ortho intramolecular Hbond substituents is 3. The number of allylic oxidation sites excluding steroid dienone is 2. The molecular formula is C48H67N3O13. The zero-order valence-electron chi connectivity index (χ0n) is 38.7. The van der Waals surface area contributed by atoms with Gasteiger partial charge in [0.25, 0.3) is 11.7 Å². The van der Waals surface area contributed by atoms with Crippen molar-refractivity contribution in [3.63, 3.8) is 0 Å². The predicted octanol–water partition coefficient (Wildman–Crippen LogP) is 7.34. The van der Waals surface area contributed by atoms with Crippen LogP contribution >= 0.6 is 0 Å². The van der Waals surface area contributed by atoms with Gasteiger partial charge in [-0.25, -0.2) is 5.43 Å². The molecule has 2 amide bonds. The molecule has 2 aromatic rings. The molecule has 0 aromatic heterocycles. The Balaban J connectivity index is 1.87. The van der Waals surface area contributed by atoms with Gasteiger partial charge in [-0.1, -0.05) is 91.4 Å². The van der Waals surface area contributed by atoms with E-state index >= 15 is 0 Å². The van der Waals surface area contributed by atoms with E-state index in [1.165, 1.54) is 59.6 Å². The minimum absolute atomic E-state index is 0.00982. The number of aliphatic hydroxyl groups excluding tert-OH is 2. The highest BCUT2D eigenvalue weighted by atomic mass is 16.7. The third-order valence-electron chi connectivity index (χ3n) is 12.4. The van der Waals surface area contributed by atoms with Crippen LogP contribution in [0.15, 0.2) is 41.2 Å². The number of hydrogen-bond donors (Lipinski definition) is 7. The van der Waals surface area contributed by atoms with Crippen LogP contribution in [0.3, 0.4) is 0 Å². The van der Waals surface area contributed by atoms with E-state index in [0.717, 1.165) is 38.3 Å². The van der Waals surface area contributed by atoms with Crippen molar-refractivity contribution in [2.24, 2.45) is 28.8 Å². The molecule has 352 valence electrons. The molecule has 0 saturated heterocycles. The van der Waals surface area contributed by atoms with Crippen molar-refractivity contribution in [3.8, 4) is 23.0 Å². The molecule has 7 N–H and O–H groups in total. The smallest absolute Gasteiger partial charge is 0.312 e. The molecule has 5 rings (SSSR count). The third kappa shape index (κ3) is 11.4. The van der Waals surface area contributed by atoms with E-state index < -0.39 is 94.7 Å². The first kappa shape index (κ1) is 51.2. The molecule has 5 bridgehead atoms. The lowest BCUT2D eigenvalue weighted by molar-refractivity contribution is -0.160. The van der Waals surface area contributed by atoms with Crippen LogP contribution in [0, 0.1) is 30.6 Å². The minimum Gasteiger partial charge on any atom is -0.507 e. The number of benzene rings is 2. The van der Waals surface area contributed by atoms with E-state index in [1.54, 1.807) is 39.8 Å². The molecule has 0 spiro atoms. The van der Waals surface area contributed by atoms with Gasteiger partial charge in [0.1, 0.15) is 23.4 Å². The molecule has 64 heavy (non-hydrogen) atoms. The number of nitrogens with zero attached hydrogens (tertiary/aromatic N) is 1. The Kier molecular flexibility index (Phi) is 18.0. The summed E-state index contributed by atoms with van der Waals surface area (Å²) >= 11 is 0. The Bertz CT molecular complexity index is 2160. The van der Waals surface area contributed by atoms with Crippen LogP contribution in [-0.4, -0.2) is 92.6 Å². The van der Waals surface area contributed by atoms with Gasteiger partial charge in [0.2, 0.25) is 5.91 Å². The summed E-state index contributed by atoms with van der Waals surface area (Å²) in [6, 6.07) is 0. The summed E-state index contributed by atoms with van der Waals surface area (Å²) < 4.78 is 23.5. The fraction of sp³-hybridized carbons (Fsp3) is 0.562. The SMILES string of the molecule is CCCCCCCCCC(=O)N/N=C/c1c2c(O)c3c(O)c(C)c4c(c3c1O)C(=O)C(C)(O/C=C/C(OC)C(C)C(OC(C)=O)C(C)C(O)C(C)C(O)C(C)/C=C/C=C(\C)C(=O)N2)O4. The number of fused-ring (bicyclic) bond motifs is 14. The highest BCUT2D eigenvalue weighted by Gasteiger charge is 2.50. The number of hydrazone groups is 1. The standard InChI is InChI=1S/C48H67N3O13/c1-11-12-13-14-15-16-17-21-34(53)51-49-24-32-38-43(58)36-35(42(32)57)37-45(30(7)41(36)56)64-48(9,46(37)59)62-23-22-33(61-10)27(4)44(63-31(8)52)29(6)40(55)28(5)39(54)25(2)19-18-20-26(3)47(60)50-38/h18-20,22-25,27-29,33,39-40,44,54-58H,11-17,21H2,1-10H3,(H,50,60)(H,51,53)/b19-18+,23-22+,26-20+,49-24+. The van der Waals surface area contributed by atoms with Gasteiger partial charge in [0.15, 0.2) is 5.75 Å². The summed E-state index contributed by atoms with van der Waals surface area (Å²) in [5, 5.41) is 64.3. The van der Waals surface area contributed by atoms with Crippen molar-refractivity contribution < 1.29 is 63.7 Å². The largest absolute Gasteiger partial charge is 0.507 e. The number of esters is 1. The van der Waals surface area contributed by atoms with Gasteiger partial charge in [-0.15, -0.1) is 0 Å². The number of ketones is 1. The quantitative estimate of drug-likeness (QED) is 0.0276. The molecule has 3 aliphatic rings. The molecule has 16 nitrogen and oxygen atoms in total. The second-order valence-corrected chi connectivity index (χ2v) is 17.3. The Morgan fingerprint density at radius 1 is 0.906 bits per heavy atom. The fourth-order valence-electron chi connectivity index (χ4n) is 8.34. The molecule has 3 heterocycles. The number of aliphatic hydroxyl groups is 2. The van der Waals surface area contributed by atoms with Gasteiger partial charge in [0, 0.05) is 67.6 Å². The molecule has 16 heteroatoms. The number of unbranched alkanes of at least 4 members (excludes halogenated alkanes) is 6. The van der Waals surface area contributed by atoms with E-state index in [-0.39, 0.29) is 50.9 Å². The van der Waals surface area contributed by atoms with Gasteiger partial charge in [-0.05, 0) is 26.3 Å². The zero-order chi connectivity index (χ0) is 47.6. The molecule has 3 aliphatic heterocycles.